The molecule has 1 amide bonds. The Labute approximate surface area is 164 Å². The second kappa shape index (κ2) is 8.62. The van der Waals surface area contributed by atoms with Crippen molar-refractivity contribution in [1.82, 2.24) is 30.4 Å². The quantitative estimate of drug-likeness (QED) is 0.675. The highest BCUT2D eigenvalue weighted by Gasteiger charge is 2.19. The highest BCUT2D eigenvalue weighted by Crippen LogP contribution is 2.27. The predicted octanol–water partition coefficient (Wildman–Crippen LogP) is 2.01. The van der Waals surface area contributed by atoms with Gasteiger partial charge in [0.15, 0.2) is 0 Å². The van der Waals surface area contributed by atoms with Crippen LogP contribution in [0.4, 0.5) is 0 Å². The molecule has 1 N–H and O–H groups in total. The topological polar surface area (TPSA) is 85.2 Å². The number of benzene rings is 2. The monoisotopic (exact) mass is 380 g/mol. The summed E-state index contributed by atoms with van der Waals surface area (Å²) < 4.78 is 7.04. The van der Waals surface area contributed by atoms with E-state index in [2.05, 4.69) is 25.7 Å². The van der Waals surface area contributed by atoms with Gasteiger partial charge in [0, 0.05) is 17.7 Å². The minimum absolute atomic E-state index is 0.0123. The van der Waals surface area contributed by atoms with Gasteiger partial charge in [0.25, 0.3) is 5.91 Å². The van der Waals surface area contributed by atoms with Gasteiger partial charge in [-0.25, -0.2) is 4.68 Å². The van der Waals surface area contributed by atoms with Crippen molar-refractivity contribution in [2.75, 3.05) is 27.7 Å². The summed E-state index contributed by atoms with van der Waals surface area (Å²) in [4.78, 5) is 14.8. The van der Waals surface area contributed by atoms with Crippen LogP contribution in [0, 0.1) is 6.92 Å². The Hall–Kier alpha value is -3.26. The van der Waals surface area contributed by atoms with E-state index < -0.39 is 0 Å². The van der Waals surface area contributed by atoms with Crippen LogP contribution in [0.2, 0.25) is 0 Å². The smallest absolute Gasteiger partial charge is 0.251 e. The number of likely N-dealkylation sites (N-methyl/N-ethyl adjacent to an activating group) is 1. The molecule has 1 aromatic heterocycles. The molecule has 8 nitrogen and oxygen atoms in total. The van der Waals surface area contributed by atoms with Crippen molar-refractivity contribution in [2.45, 2.75) is 13.0 Å². The molecule has 0 saturated carbocycles. The van der Waals surface area contributed by atoms with E-state index in [4.69, 9.17) is 4.74 Å². The summed E-state index contributed by atoms with van der Waals surface area (Å²) in [5.74, 6) is 0.671. The van der Waals surface area contributed by atoms with E-state index in [0.29, 0.717) is 12.1 Å². The number of ether oxygens (including phenoxy) is 1. The zero-order chi connectivity index (χ0) is 20.1. The van der Waals surface area contributed by atoms with Crippen LogP contribution in [0.5, 0.6) is 5.75 Å². The molecular formula is C20H24N6O2. The number of hydrogen-bond acceptors (Lipinski definition) is 6. The molecule has 2 aromatic carbocycles. The average Bonchev–Trinajstić information content (AvgIpc) is 3.22. The molecule has 146 valence electrons. The van der Waals surface area contributed by atoms with Gasteiger partial charge in [-0.05, 0) is 61.3 Å². The van der Waals surface area contributed by atoms with Crippen molar-refractivity contribution in [1.29, 1.82) is 0 Å². The number of rotatable bonds is 7. The normalized spacial score (nSPS) is 12.0. The third-order valence-electron chi connectivity index (χ3n) is 4.63. The van der Waals surface area contributed by atoms with Gasteiger partial charge in [-0.15, -0.1) is 5.10 Å². The number of carbonyl (C=O) groups excluding carboxylic acids is 1. The molecule has 0 fully saturated rings. The van der Waals surface area contributed by atoms with Gasteiger partial charge in [-0.3, -0.25) is 4.79 Å². The summed E-state index contributed by atoms with van der Waals surface area (Å²) in [6.07, 6.45) is 1.52. The van der Waals surface area contributed by atoms with Gasteiger partial charge in [0.1, 0.15) is 12.1 Å². The standard InChI is InChI=1S/C20H24N6O2/c1-14-11-15(9-10-17(14)26-13-22-23-24-26)20(27)21-12-18(25(2)3)16-7-5-6-8-19(16)28-4/h5-11,13,18H,12H2,1-4H3,(H,21,27). The van der Waals surface area contributed by atoms with Crippen LogP contribution in [0.1, 0.15) is 27.5 Å². The SMILES string of the molecule is COc1ccccc1C(CNC(=O)c1ccc(-n2cnnn2)c(C)c1)N(C)C. The number of aryl methyl sites for hydroxylation is 1. The highest BCUT2D eigenvalue weighted by atomic mass is 16.5. The van der Waals surface area contributed by atoms with Crippen molar-refractivity contribution < 1.29 is 9.53 Å². The first-order chi connectivity index (χ1) is 13.5. The minimum atomic E-state index is -0.131. The fourth-order valence-corrected chi connectivity index (χ4v) is 3.13. The van der Waals surface area contributed by atoms with Crippen LogP contribution >= 0.6 is 0 Å². The largest absolute Gasteiger partial charge is 0.496 e. The zero-order valence-corrected chi connectivity index (χ0v) is 16.5. The molecule has 1 heterocycles. The number of tetrazole rings is 1. The number of nitrogens with one attached hydrogen (secondary N) is 1. The van der Waals surface area contributed by atoms with E-state index in [9.17, 15) is 4.79 Å². The number of nitrogens with zero attached hydrogens (tertiary/aromatic N) is 5. The average molecular weight is 380 g/mol. The van der Waals surface area contributed by atoms with Gasteiger partial charge in [-0.1, -0.05) is 18.2 Å². The molecule has 0 bridgehead atoms. The fourth-order valence-electron chi connectivity index (χ4n) is 3.13. The van der Waals surface area contributed by atoms with Gasteiger partial charge in [-0.2, -0.15) is 0 Å². The van der Waals surface area contributed by atoms with Gasteiger partial charge >= 0.3 is 0 Å². The Morgan fingerprint density at radius 3 is 2.68 bits per heavy atom. The lowest BCUT2D eigenvalue weighted by Crippen LogP contribution is -2.34. The van der Waals surface area contributed by atoms with Crippen molar-refractivity contribution >= 4 is 5.91 Å². The maximum atomic E-state index is 12.7. The summed E-state index contributed by atoms with van der Waals surface area (Å²) in [6, 6.07) is 13.3. The third-order valence-corrected chi connectivity index (χ3v) is 4.63. The van der Waals surface area contributed by atoms with Crippen LogP contribution in [-0.4, -0.2) is 58.8 Å². The summed E-state index contributed by atoms with van der Waals surface area (Å²) >= 11 is 0. The molecule has 3 rings (SSSR count). The molecule has 0 saturated heterocycles. The molecule has 1 unspecified atom stereocenters. The Balaban J connectivity index is 1.74. The minimum Gasteiger partial charge on any atom is -0.496 e. The maximum Gasteiger partial charge on any atom is 0.251 e. The number of hydrogen-bond donors (Lipinski definition) is 1. The Kier molecular flexibility index (Phi) is 6.00. The van der Waals surface area contributed by atoms with Gasteiger partial charge in [0.05, 0.1) is 18.8 Å². The summed E-state index contributed by atoms with van der Waals surface area (Å²) in [7, 11) is 5.61. The van der Waals surface area contributed by atoms with E-state index in [1.54, 1.807) is 17.9 Å². The van der Waals surface area contributed by atoms with Crippen LogP contribution in [0.3, 0.4) is 0 Å². The van der Waals surface area contributed by atoms with Crippen LogP contribution in [0.15, 0.2) is 48.8 Å². The van der Waals surface area contributed by atoms with Gasteiger partial charge < -0.3 is 15.0 Å². The van der Waals surface area contributed by atoms with E-state index in [0.717, 1.165) is 22.6 Å². The first-order valence-electron chi connectivity index (χ1n) is 8.92. The molecule has 0 spiro atoms. The molecule has 28 heavy (non-hydrogen) atoms. The number of amides is 1. The highest BCUT2D eigenvalue weighted by molar-refractivity contribution is 5.94. The summed E-state index contributed by atoms with van der Waals surface area (Å²) in [5, 5.41) is 14.2. The molecule has 3 aromatic rings. The fraction of sp³-hybridized carbons (Fsp3) is 0.300. The molecule has 0 aliphatic heterocycles. The number of carbonyl (C=O) groups is 1. The molecule has 0 radical (unpaired) electrons. The molecule has 1 atom stereocenters. The van der Waals surface area contributed by atoms with Crippen molar-refractivity contribution in [2.24, 2.45) is 0 Å². The maximum absolute atomic E-state index is 12.7. The lowest BCUT2D eigenvalue weighted by molar-refractivity contribution is 0.0941. The Morgan fingerprint density at radius 2 is 2.04 bits per heavy atom. The van der Waals surface area contributed by atoms with E-state index in [1.165, 1.54) is 6.33 Å². The Bertz CT molecular complexity index is 940. The van der Waals surface area contributed by atoms with Crippen LogP contribution < -0.4 is 10.1 Å². The first-order valence-corrected chi connectivity index (χ1v) is 8.92. The zero-order valence-electron chi connectivity index (χ0n) is 16.5. The first kappa shape index (κ1) is 19.5. The predicted molar refractivity (Wildman–Crippen MR) is 106 cm³/mol. The molecule has 8 heteroatoms. The second-order valence-electron chi connectivity index (χ2n) is 6.69. The molecule has 0 aliphatic rings. The number of para-hydroxylation sites is 1. The molecular weight excluding hydrogens is 356 g/mol. The van der Waals surface area contributed by atoms with Gasteiger partial charge in [0.2, 0.25) is 0 Å². The lowest BCUT2D eigenvalue weighted by atomic mass is 10.0. The number of aromatic nitrogens is 4. The van der Waals surface area contributed by atoms with E-state index in [1.807, 2.05) is 57.4 Å². The van der Waals surface area contributed by atoms with Crippen molar-refractivity contribution in [3.63, 3.8) is 0 Å². The molecule has 0 aliphatic carbocycles. The number of methoxy groups -OCH3 is 1. The van der Waals surface area contributed by atoms with E-state index in [-0.39, 0.29) is 11.9 Å². The van der Waals surface area contributed by atoms with Crippen LogP contribution in [0.25, 0.3) is 5.69 Å². The van der Waals surface area contributed by atoms with Crippen molar-refractivity contribution in [3.8, 4) is 11.4 Å². The van der Waals surface area contributed by atoms with Crippen molar-refractivity contribution in [3.05, 3.63) is 65.5 Å². The summed E-state index contributed by atoms with van der Waals surface area (Å²) in [5.41, 5.74) is 3.36. The third kappa shape index (κ3) is 4.17. The lowest BCUT2D eigenvalue weighted by Gasteiger charge is -2.26. The second-order valence-corrected chi connectivity index (χ2v) is 6.69. The Morgan fingerprint density at radius 1 is 1.25 bits per heavy atom. The van der Waals surface area contributed by atoms with Crippen LogP contribution in [-0.2, 0) is 0 Å². The summed E-state index contributed by atoms with van der Waals surface area (Å²) in [6.45, 7) is 2.38. The van der Waals surface area contributed by atoms with E-state index >= 15 is 0 Å².